The molecular weight excluding hydrogens is 484 g/mol. The molecule has 0 radical (unpaired) electrons. The highest BCUT2D eigenvalue weighted by atomic mass is 32.2. The number of amides is 2. The zero-order valence-corrected chi connectivity index (χ0v) is 21.1. The third-order valence-corrected chi connectivity index (χ3v) is 7.44. The van der Waals surface area contributed by atoms with Gasteiger partial charge in [0.1, 0.15) is 5.75 Å². The Morgan fingerprint density at radius 3 is 2.33 bits per heavy atom. The standard InChI is InChI=1S/C26H34N2O7S/c29-16-4-5-17-36(33,34)28-25(30)23-13-12-21(18-24(23)35-22-6-2-1-3-7-22)20-10-8-19(9-11-20)14-15-27-26(31)32/h8-13,18,22,27,29H,1-7,14-17H2,(H,28,30)(H,31,32). The number of carboxylic acid groups (broad SMARTS) is 1. The molecule has 0 heterocycles. The minimum Gasteiger partial charge on any atom is -0.490 e. The second-order valence-corrected chi connectivity index (χ2v) is 10.8. The SMILES string of the molecule is O=C(O)NCCc1ccc(-c2ccc(C(=O)NS(=O)(=O)CCCCO)c(OC3CCCCC3)c2)cc1. The number of aliphatic hydroxyl groups excluding tert-OH is 1. The van der Waals surface area contributed by atoms with Crippen LogP contribution in [0.1, 0.15) is 60.9 Å². The summed E-state index contributed by atoms with van der Waals surface area (Å²) in [6.45, 7) is 0.214. The van der Waals surface area contributed by atoms with E-state index in [0.29, 0.717) is 25.1 Å². The van der Waals surface area contributed by atoms with Gasteiger partial charge >= 0.3 is 6.09 Å². The van der Waals surface area contributed by atoms with Gasteiger partial charge in [-0.3, -0.25) is 4.79 Å². The summed E-state index contributed by atoms with van der Waals surface area (Å²) in [5, 5.41) is 19.9. The van der Waals surface area contributed by atoms with Crippen molar-refractivity contribution in [2.45, 2.75) is 57.5 Å². The zero-order valence-electron chi connectivity index (χ0n) is 20.2. The zero-order chi connectivity index (χ0) is 26.0. The molecule has 0 saturated heterocycles. The molecule has 0 aromatic heterocycles. The topological polar surface area (TPSA) is 142 Å². The molecule has 4 N–H and O–H groups in total. The summed E-state index contributed by atoms with van der Waals surface area (Å²) in [5.74, 6) is -0.639. The quantitative estimate of drug-likeness (QED) is 0.314. The Morgan fingerprint density at radius 1 is 0.972 bits per heavy atom. The van der Waals surface area contributed by atoms with Gasteiger partial charge in [-0.15, -0.1) is 0 Å². The molecule has 2 amide bonds. The highest BCUT2D eigenvalue weighted by molar-refractivity contribution is 7.90. The molecule has 0 bridgehead atoms. The third kappa shape index (κ3) is 8.53. The molecule has 0 unspecified atom stereocenters. The van der Waals surface area contributed by atoms with Crippen molar-refractivity contribution in [2.24, 2.45) is 0 Å². The van der Waals surface area contributed by atoms with E-state index >= 15 is 0 Å². The van der Waals surface area contributed by atoms with E-state index in [0.717, 1.165) is 48.8 Å². The van der Waals surface area contributed by atoms with Gasteiger partial charge < -0.3 is 20.3 Å². The highest BCUT2D eigenvalue weighted by Gasteiger charge is 2.23. The van der Waals surface area contributed by atoms with Crippen molar-refractivity contribution < 1.29 is 33.0 Å². The van der Waals surface area contributed by atoms with Gasteiger partial charge in [0.15, 0.2) is 0 Å². The number of ether oxygens (including phenoxy) is 1. The van der Waals surface area contributed by atoms with Crippen molar-refractivity contribution in [1.82, 2.24) is 10.0 Å². The molecule has 2 aromatic carbocycles. The van der Waals surface area contributed by atoms with Gasteiger partial charge in [-0.1, -0.05) is 36.8 Å². The molecule has 36 heavy (non-hydrogen) atoms. The van der Waals surface area contributed by atoms with E-state index in [4.69, 9.17) is 14.9 Å². The second kappa shape index (κ2) is 13.3. The first kappa shape index (κ1) is 27.5. The number of nitrogens with one attached hydrogen (secondary N) is 2. The van der Waals surface area contributed by atoms with Crippen molar-refractivity contribution in [1.29, 1.82) is 0 Å². The van der Waals surface area contributed by atoms with Crippen LogP contribution in [0.2, 0.25) is 0 Å². The molecule has 0 spiro atoms. The van der Waals surface area contributed by atoms with E-state index in [1.807, 2.05) is 24.3 Å². The predicted octanol–water partition coefficient (Wildman–Crippen LogP) is 3.71. The number of hydrogen-bond donors (Lipinski definition) is 4. The van der Waals surface area contributed by atoms with E-state index in [2.05, 4.69) is 10.0 Å². The Balaban J connectivity index is 1.80. The number of unbranched alkanes of at least 4 members (excludes halogenated alkanes) is 1. The average Bonchev–Trinajstić information content (AvgIpc) is 2.84. The van der Waals surface area contributed by atoms with Gasteiger partial charge in [-0.05, 0) is 73.8 Å². The summed E-state index contributed by atoms with van der Waals surface area (Å²) in [6.07, 6.45) is 5.06. The Labute approximate surface area is 211 Å². The van der Waals surface area contributed by atoms with Crippen LogP contribution in [-0.2, 0) is 16.4 Å². The van der Waals surface area contributed by atoms with E-state index in [1.165, 1.54) is 0 Å². The molecule has 1 aliphatic carbocycles. The largest absolute Gasteiger partial charge is 0.490 e. The van der Waals surface area contributed by atoms with Crippen LogP contribution in [0.3, 0.4) is 0 Å². The van der Waals surface area contributed by atoms with Gasteiger partial charge in [0.2, 0.25) is 10.0 Å². The Hall–Kier alpha value is -3.11. The van der Waals surface area contributed by atoms with Crippen LogP contribution in [0.25, 0.3) is 11.1 Å². The van der Waals surface area contributed by atoms with E-state index < -0.39 is 22.0 Å². The minimum absolute atomic E-state index is 0.0363. The van der Waals surface area contributed by atoms with Crippen molar-refractivity contribution >= 4 is 22.0 Å². The van der Waals surface area contributed by atoms with Gasteiger partial charge in [0.25, 0.3) is 5.91 Å². The summed E-state index contributed by atoms with van der Waals surface area (Å²) in [7, 11) is -3.84. The molecule has 2 aromatic rings. The van der Waals surface area contributed by atoms with Crippen LogP contribution in [-0.4, -0.2) is 55.6 Å². The van der Waals surface area contributed by atoms with Crippen molar-refractivity contribution in [3.05, 3.63) is 53.6 Å². The number of rotatable bonds is 12. The maximum atomic E-state index is 12.9. The van der Waals surface area contributed by atoms with Gasteiger partial charge in [-0.2, -0.15) is 0 Å². The third-order valence-electron chi connectivity index (χ3n) is 6.12. The first-order chi connectivity index (χ1) is 17.3. The first-order valence-corrected chi connectivity index (χ1v) is 13.9. The molecule has 196 valence electrons. The number of carbonyl (C=O) groups excluding carboxylic acids is 1. The van der Waals surface area contributed by atoms with Crippen LogP contribution < -0.4 is 14.8 Å². The summed E-state index contributed by atoms with van der Waals surface area (Å²) in [6, 6.07) is 12.8. The summed E-state index contributed by atoms with van der Waals surface area (Å²) < 4.78 is 33.0. The normalized spacial score (nSPS) is 14.2. The monoisotopic (exact) mass is 518 g/mol. The fraction of sp³-hybridized carbons (Fsp3) is 0.462. The number of benzene rings is 2. The number of sulfonamides is 1. The van der Waals surface area contributed by atoms with Gasteiger partial charge in [0, 0.05) is 13.2 Å². The van der Waals surface area contributed by atoms with Crippen LogP contribution >= 0.6 is 0 Å². The first-order valence-electron chi connectivity index (χ1n) is 12.3. The van der Waals surface area contributed by atoms with Crippen molar-refractivity contribution in [3.8, 4) is 16.9 Å². The minimum atomic E-state index is -3.84. The molecule has 9 nitrogen and oxygen atoms in total. The lowest BCUT2D eigenvalue weighted by Gasteiger charge is -2.24. The molecular formula is C26H34N2O7S. The maximum Gasteiger partial charge on any atom is 0.404 e. The lowest BCUT2D eigenvalue weighted by molar-refractivity contribution is 0.0969. The Kier molecular flexibility index (Phi) is 10.1. The Bertz CT molecular complexity index is 1130. The summed E-state index contributed by atoms with van der Waals surface area (Å²) in [5.41, 5.74) is 2.85. The van der Waals surface area contributed by atoms with Gasteiger partial charge in [0.05, 0.1) is 17.4 Å². The van der Waals surface area contributed by atoms with E-state index in [1.54, 1.807) is 18.2 Å². The number of hydrogen-bond acceptors (Lipinski definition) is 6. The van der Waals surface area contributed by atoms with E-state index in [9.17, 15) is 18.0 Å². The molecule has 0 aliphatic heterocycles. The molecule has 1 aliphatic rings. The number of carbonyl (C=O) groups is 2. The maximum absolute atomic E-state index is 12.9. The average molecular weight is 519 g/mol. The van der Waals surface area contributed by atoms with Crippen LogP contribution in [0, 0.1) is 0 Å². The highest BCUT2D eigenvalue weighted by Crippen LogP contribution is 2.31. The van der Waals surface area contributed by atoms with Crippen LogP contribution in [0.15, 0.2) is 42.5 Å². The molecule has 0 atom stereocenters. The molecule has 1 saturated carbocycles. The molecule has 10 heteroatoms. The predicted molar refractivity (Wildman–Crippen MR) is 137 cm³/mol. The molecule has 1 fully saturated rings. The molecule has 3 rings (SSSR count). The van der Waals surface area contributed by atoms with Gasteiger partial charge in [-0.25, -0.2) is 17.9 Å². The van der Waals surface area contributed by atoms with Crippen LogP contribution in [0.5, 0.6) is 5.75 Å². The summed E-state index contributed by atoms with van der Waals surface area (Å²) in [4.78, 5) is 23.5. The lowest BCUT2D eigenvalue weighted by atomic mass is 9.97. The lowest BCUT2D eigenvalue weighted by Crippen LogP contribution is -2.33. The second-order valence-electron chi connectivity index (χ2n) is 8.95. The van der Waals surface area contributed by atoms with Crippen molar-refractivity contribution in [2.75, 3.05) is 18.9 Å². The smallest absolute Gasteiger partial charge is 0.404 e. The fourth-order valence-electron chi connectivity index (χ4n) is 4.18. The Morgan fingerprint density at radius 2 is 1.67 bits per heavy atom. The fourth-order valence-corrected chi connectivity index (χ4v) is 5.26. The van der Waals surface area contributed by atoms with Crippen molar-refractivity contribution in [3.63, 3.8) is 0 Å². The number of aliphatic hydroxyl groups is 1. The van der Waals surface area contributed by atoms with Crippen LogP contribution in [0.4, 0.5) is 4.79 Å². The summed E-state index contributed by atoms with van der Waals surface area (Å²) >= 11 is 0. The van der Waals surface area contributed by atoms with E-state index in [-0.39, 0.29) is 30.4 Å².